The summed E-state index contributed by atoms with van der Waals surface area (Å²) in [7, 11) is -3.65. The van der Waals surface area contributed by atoms with Gasteiger partial charge in [-0.1, -0.05) is 6.07 Å². The van der Waals surface area contributed by atoms with Crippen LogP contribution in [-0.4, -0.2) is 26.7 Å². The maximum Gasteiger partial charge on any atom is 0.242 e. The molecule has 1 aliphatic heterocycles. The van der Waals surface area contributed by atoms with Crippen LogP contribution >= 0.6 is 15.9 Å². The number of hydrogen-bond donors (Lipinski definition) is 2. The van der Waals surface area contributed by atoms with Gasteiger partial charge >= 0.3 is 0 Å². The average molecular weight is 377 g/mol. The smallest absolute Gasteiger partial charge is 0.242 e. The van der Waals surface area contributed by atoms with Crippen LogP contribution in [0.5, 0.6) is 0 Å². The van der Waals surface area contributed by atoms with E-state index in [4.69, 9.17) is 10.5 Å². The molecule has 0 amide bonds. The average Bonchev–Trinajstić information content (AvgIpc) is 2.71. The molecule has 0 spiro atoms. The summed E-state index contributed by atoms with van der Waals surface area (Å²) in [6.45, 7) is 6.46. The molecule has 1 aromatic carbocycles. The van der Waals surface area contributed by atoms with Gasteiger partial charge in [0, 0.05) is 17.6 Å². The Hall–Kier alpha value is -0.470. The highest BCUT2D eigenvalue weighted by Gasteiger charge is 2.41. The van der Waals surface area contributed by atoms with Gasteiger partial charge in [-0.3, -0.25) is 0 Å². The van der Waals surface area contributed by atoms with Crippen molar-refractivity contribution in [1.29, 1.82) is 0 Å². The zero-order chi connectivity index (χ0) is 15.8. The summed E-state index contributed by atoms with van der Waals surface area (Å²) < 4.78 is 34.3. The topological polar surface area (TPSA) is 81.4 Å². The fourth-order valence-corrected chi connectivity index (χ4v) is 5.02. The summed E-state index contributed by atoms with van der Waals surface area (Å²) in [5, 5.41) is 0. The SMILES string of the molecule is Cc1cc(CN)cc(S(=O)(=O)NC2(C)CCOC2C)c1Br. The van der Waals surface area contributed by atoms with Crippen molar-refractivity contribution < 1.29 is 13.2 Å². The van der Waals surface area contributed by atoms with Crippen molar-refractivity contribution in [3.63, 3.8) is 0 Å². The van der Waals surface area contributed by atoms with Gasteiger partial charge < -0.3 is 10.5 Å². The van der Waals surface area contributed by atoms with Crippen molar-refractivity contribution >= 4 is 26.0 Å². The lowest BCUT2D eigenvalue weighted by atomic mass is 9.97. The van der Waals surface area contributed by atoms with E-state index in [2.05, 4.69) is 20.7 Å². The molecule has 0 radical (unpaired) electrons. The van der Waals surface area contributed by atoms with E-state index in [9.17, 15) is 8.42 Å². The molecule has 7 heteroatoms. The number of nitrogens with one attached hydrogen (secondary N) is 1. The molecule has 1 aromatic rings. The van der Waals surface area contributed by atoms with Gasteiger partial charge in [-0.25, -0.2) is 13.1 Å². The predicted molar refractivity (Wildman–Crippen MR) is 85.5 cm³/mol. The number of halogens is 1. The van der Waals surface area contributed by atoms with Gasteiger partial charge in [0.25, 0.3) is 0 Å². The van der Waals surface area contributed by atoms with E-state index >= 15 is 0 Å². The maximum atomic E-state index is 12.7. The number of aryl methyl sites for hydroxylation is 1. The van der Waals surface area contributed by atoms with E-state index in [1.165, 1.54) is 0 Å². The molecule has 0 aliphatic carbocycles. The first-order valence-electron chi connectivity index (χ1n) is 6.84. The van der Waals surface area contributed by atoms with Crippen molar-refractivity contribution in [2.75, 3.05) is 6.61 Å². The minimum Gasteiger partial charge on any atom is -0.376 e. The summed E-state index contributed by atoms with van der Waals surface area (Å²) >= 11 is 3.37. The third-order valence-electron chi connectivity index (χ3n) is 4.06. The van der Waals surface area contributed by atoms with Gasteiger partial charge in [0.15, 0.2) is 0 Å². The maximum absolute atomic E-state index is 12.7. The first kappa shape index (κ1) is 16.9. The van der Waals surface area contributed by atoms with Gasteiger partial charge in [0.1, 0.15) is 0 Å². The van der Waals surface area contributed by atoms with Crippen LogP contribution in [0.25, 0.3) is 0 Å². The van der Waals surface area contributed by atoms with Crippen LogP contribution in [0, 0.1) is 6.92 Å². The molecule has 3 N–H and O–H groups in total. The van der Waals surface area contributed by atoms with Crippen molar-refractivity contribution in [2.24, 2.45) is 5.73 Å². The Balaban J connectivity index is 2.43. The quantitative estimate of drug-likeness (QED) is 0.842. The highest BCUT2D eigenvalue weighted by Crippen LogP contribution is 2.31. The third-order valence-corrected chi connectivity index (χ3v) is 7.01. The largest absolute Gasteiger partial charge is 0.376 e. The lowest BCUT2D eigenvalue weighted by molar-refractivity contribution is 0.0957. The van der Waals surface area contributed by atoms with E-state index in [1.807, 2.05) is 26.8 Å². The predicted octanol–water partition coefficient (Wildman–Crippen LogP) is 2.06. The normalized spacial score (nSPS) is 26.2. The van der Waals surface area contributed by atoms with Gasteiger partial charge in [0.05, 0.1) is 16.5 Å². The van der Waals surface area contributed by atoms with E-state index in [0.29, 0.717) is 24.0 Å². The zero-order valence-corrected chi connectivity index (χ0v) is 14.8. The molecule has 5 nitrogen and oxygen atoms in total. The van der Waals surface area contributed by atoms with E-state index in [-0.39, 0.29) is 11.0 Å². The molecule has 1 aliphatic rings. The van der Waals surface area contributed by atoms with Crippen molar-refractivity contribution in [3.8, 4) is 0 Å². The highest BCUT2D eigenvalue weighted by molar-refractivity contribution is 9.10. The second kappa shape index (κ2) is 5.96. The molecular formula is C14H21BrN2O3S. The van der Waals surface area contributed by atoms with Crippen LogP contribution in [0.3, 0.4) is 0 Å². The zero-order valence-electron chi connectivity index (χ0n) is 12.4. The van der Waals surface area contributed by atoms with E-state index in [0.717, 1.165) is 11.1 Å². The van der Waals surface area contributed by atoms with Crippen LogP contribution in [0.4, 0.5) is 0 Å². The Morgan fingerprint density at radius 3 is 2.71 bits per heavy atom. The summed E-state index contributed by atoms with van der Waals surface area (Å²) in [6, 6.07) is 3.50. The van der Waals surface area contributed by atoms with Gasteiger partial charge in [-0.05, 0) is 60.3 Å². The Bertz CT molecular complexity index is 648. The number of benzene rings is 1. The lowest BCUT2D eigenvalue weighted by Gasteiger charge is -2.29. The summed E-state index contributed by atoms with van der Waals surface area (Å²) in [6.07, 6.45) is 0.491. The highest BCUT2D eigenvalue weighted by atomic mass is 79.9. The van der Waals surface area contributed by atoms with Crippen molar-refractivity contribution in [2.45, 2.75) is 50.3 Å². The Labute approximate surface area is 134 Å². The van der Waals surface area contributed by atoms with Crippen LogP contribution < -0.4 is 10.5 Å². The molecule has 0 saturated carbocycles. The molecule has 118 valence electrons. The van der Waals surface area contributed by atoms with E-state index in [1.54, 1.807) is 6.07 Å². The number of hydrogen-bond acceptors (Lipinski definition) is 4. The molecule has 0 aromatic heterocycles. The Morgan fingerprint density at radius 1 is 1.52 bits per heavy atom. The fraction of sp³-hybridized carbons (Fsp3) is 0.571. The second-order valence-electron chi connectivity index (χ2n) is 5.71. The van der Waals surface area contributed by atoms with Crippen molar-refractivity contribution in [3.05, 3.63) is 27.7 Å². The van der Waals surface area contributed by atoms with Gasteiger partial charge in [-0.2, -0.15) is 0 Å². The first-order valence-corrected chi connectivity index (χ1v) is 9.12. The summed E-state index contributed by atoms with van der Waals surface area (Å²) in [5.74, 6) is 0. The summed E-state index contributed by atoms with van der Waals surface area (Å²) in [5.41, 5.74) is 6.69. The number of sulfonamides is 1. The van der Waals surface area contributed by atoms with E-state index < -0.39 is 15.6 Å². The molecule has 2 unspecified atom stereocenters. The first-order chi connectivity index (χ1) is 9.69. The van der Waals surface area contributed by atoms with Crippen LogP contribution in [0.15, 0.2) is 21.5 Å². The summed E-state index contributed by atoms with van der Waals surface area (Å²) in [4.78, 5) is 0.225. The standard InChI is InChI=1S/C14H21BrN2O3S/c1-9-6-11(8-16)7-12(13(9)15)21(18,19)17-14(3)4-5-20-10(14)2/h6-7,10,17H,4-5,8,16H2,1-3H3. The lowest BCUT2D eigenvalue weighted by Crippen LogP contribution is -2.50. The Kier molecular flexibility index (Phi) is 4.80. The Morgan fingerprint density at radius 2 is 2.19 bits per heavy atom. The van der Waals surface area contributed by atoms with Crippen LogP contribution in [-0.2, 0) is 21.3 Å². The molecule has 1 fully saturated rings. The molecular weight excluding hydrogens is 356 g/mol. The molecule has 1 saturated heterocycles. The molecule has 1 heterocycles. The molecule has 21 heavy (non-hydrogen) atoms. The number of ether oxygens (including phenoxy) is 1. The number of rotatable bonds is 4. The third kappa shape index (κ3) is 3.32. The van der Waals surface area contributed by atoms with Crippen LogP contribution in [0.1, 0.15) is 31.4 Å². The minimum absolute atomic E-state index is 0.162. The minimum atomic E-state index is -3.65. The second-order valence-corrected chi connectivity index (χ2v) is 8.16. The fourth-order valence-electron chi connectivity index (χ4n) is 2.45. The van der Waals surface area contributed by atoms with Gasteiger partial charge in [0.2, 0.25) is 10.0 Å². The number of nitrogens with two attached hydrogens (primary N) is 1. The van der Waals surface area contributed by atoms with Crippen molar-refractivity contribution in [1.82, 2.24) is 4.72 Å². The molecule has 0 bridgehead atoms. The molecule has 2 atom stereocenters. The van der Waals surface area contributed by atoms with Gasteiger partial charge in [-0.15, -0.1) is 0 Å². The molecule has 2 rings (SSSR count). The van der Waals surface area contributed by atoms with Crippen LogP contribution in [0.2, 0.25) is 0 Å². The monoisotopic (exact) mass is 376 g/mol.